The van der Waals surface area contributed by atoms with Crippen molar-refractivity contribution in [3.8, 4) is 17.2 Å². The van der Waals surface area contributed by atoms with Crippen molar-refractivity contribution in [2.45, 2.75) is 20.4 Å². The van der Waals surface area contributed by atoms with Crippen molar-refractivity contribution in [2.24, 2.45) is 5.73 Å². The molecule has 0 bridgehead atoms. The average Bonchev–Trinajstić information content (AvgIpc) is 2.42. The molecule has 0 saturated heterocycles. The van der Waals surface area contributed by atoms with E-state index >= 15 is 0 Å². The molecule has 0 unspecified atom stereocenters. The summed E-state index contributed by atoms with van der Waals surface area (Å²) in [5.74, 6) is 2.34. The highest BCUT2D eigenvalue weighted by Crippen LogP contribution is 2.26. The second-order valence-corrected chi connectivity index (χ2v) is 4.14. The van der Waals surface area contributed by atoms with E-state index in [0.29, 0.717) is 13.2 Å². The molecule has 0 radical (unpaired) electrons. The second-order valence-electron chi connectivity index (χ2n) is 4.14. The van der Waals surface area contributed by atoms with E-state index in [-0.39, 0.29) is 0 Å². The summed E-state index contributed by atoms with van der Waals surface area (Å²) in [6, 6.07) is 9.41. The highest BCUT2D eigenvalue weighted by atomic mass is 16.5. The van der Waals surface area contributed by atoms with Crippen LogP contribution in [0.15, 0.2) is 36.5 Å². The predicted molar refractivity (Wildman–Crippen MR) is 74.6 cm³/mol. The summed E-state index contributed by atoms with van der Waals surface area (Å²) in [6.45, 7) is 4.93. The van der Waals surface area contributed by atoms with Crippen LogP contribution in [0.1, 0.15) is 18.2 Å². The van der Waals surface area contributed by atoms with Crippen molar-refractivity contribution < 1.29 is 9.47 Å². The Bertz CT molecular complexity index is 538. The maximum Gasteiger partial charge on any atom is 0.135 e. The summed E-state index contributed by atoms with van der Waals surface area (Å²) in [6.07, 6.45) is 1.75. The van der Waals surface area contributed by atoms with Crippen LogP contribution in [0.4, 0.5) is 0 Å². The van der Waals surface area contributed by atoms with Crippen LogP contribution in [0.5, 0.6) is 17.2 Å². The standard InChI is InChI=1S/C15H18N2O2/c1-3-18-13-4-6-14(7-5-13)19-15-8-11(2)17-10-12(15)9-16/h4-8,10H,3,9,16H2,1-2H3. The molecule has 2 aromatic rings. The van der Waals surface area contributed by atoms with Crippen LogP contribution in [0.2, 0.25) is 0 Å². The molecule has 4 heteroatoms. The van der Waals surface area contributed by atoms with Crippen molar-refractivity contribution in [1.82, 2.24) is 4.98 Å². The van der Waals surface area contributed by atoms with E-state index in [2.05, 4.69) is 4.98 Å². The maximum absolute atomic E-state index is 5.84. The van der Waals surface area contributed by atoms with Gasteiger partial charge in [0, 0.05) is 30.1 Å². The summed E-state index contributed by atoms with van der Waals surface area (Å²) >= 11 is 0. The van der Waals surface area contributed by atoms with Crippen LogP contribution in [-0.4, -0.2) is 11.6 Å². The normalized spacial score (nSPS) is 10.3. The molecule has 0 aliphatic heterocycles. The van der Waals surface area contributed by atoms with Gasteiger partial charge < -0.3 is 15.2 Å². The molecule has 1 aromatic carbocycles. The third-order valence-electron chi connectivity index (χ3n) is 2.66. The maximum atomic E-state index is 5.84. The van der Waals surface area contributed by atoms with Gasteiger partial charge in [0.15, 0.2) is 0 Å². The SMILES string of the molecule is CCOc1ccc(Oc2cc(C)ncc2CN)cc1. The second kappa shape index (κ2) is 6.20. The first-order valence-corrected chi connectivity index (χ1v) is 6.29. The van der Waals surface area contributed by atoms with Gasteiger partial charge in [-0.25, -0.2) is 0 Å². The Labute approximate surface area is 113 Å². The molecule has 1 heterocycles. The molecule has 0 amide bonds. The molecule has 1 aromatic heterocycles. The first-order chi connectivity index (χ1) is 9.22. The van der Waals surface area contributed by atoms with Gasteiger partial charge in [0.25, 0.3) is 0 Å². The Morgan fingerprint density at radius 3 is 2.47 bits per heavy atom. The number of aryl methyl sites for hydroxylation is 1. The smallest absolute Gasteiger partial charge is 0.135 e. The summed E-state index contributed by atoms with van der Waals surface area (Å²) < 4.78 is 11.2. The molecule has 2 rings (SSSR count). The number of nitrogens with zero attached hydrogens (tertiary/aromatic N) is 1. The monoisotopic (exact) mass is 258 g/mol. The first kappa shape index (κ1) is 13.4. The minimum absolute atomic E-state index is 0.402. The van der Waals surface area contributed by atoms with E-state index in [9.17, 15) is 0 Å². The van der Waals surface area contributed by atoms with Gasteiger partial charge in [-0.1, -0.05) is 0 Å². The zero-order valence-corrected chi connectivity index (χ0v) is 11.2. The highest BCUT2D eigenvalue weighted by molar-refractivity contribution is 5.39. The van der Waals surface area contributed by atoms with Crippen molar-refractivity contribution in [2.75, 3.05) is 6.61 Å². The lowest BCUT2D eigenvalue weighted by molar-refractivity contribution is 0.339. The summed E-state index contributed by atoms with van der Waals surface area (Å²) in [5.41, 5.74) is 7.47. The van der Waals surface area contributed by atoms with Gasteiger partial charge in [-0.05, 0) is 38.1 Å². The lowest BCUT2D eigenvalue weighted by atomic mass is 10.2. The number of aromatic nitrogens is 1. The number of rotatable bonds is 5. The largest absolute Gasteiger partial charge is 0.494 e. The van der Waals surface area contributed by atoms with Crippen LogP contribution in [0, 0.1) is 6.92 Å². The van der Waals surface area contributed by atoms with Crippen LogP contribution in [0.3, 0.4) is 0 Å². The van der Waals surface area contributed by atoms with Crippen molar-refractivity contribution in [3.63, 3.8) is 0 Å². The third kappa shape index (κ3) is 3.45. The number of hydrogen-bond acceptors (Lipinski definition) is 4. The molecule has 0 fully saturated rings. The molecule has 0 aliphatic carbocycles. The fraction of sp³-hybridized carbons (Fsp3) is 0.267. The van der Waals surface area contributed by atoms with E-state index in [1.54, 1.807) is 6.20 Å². The van der Waals surface area contributed by atoms with Gasteiger partial charge in [-0.3, -0.25) is 4.98 Å². The minimum atomic E-state index is 0.402. The lowest BCUT2D eigenvalue weighted by Gasteiger charge is -2.11. The fourth-order valence-electron chi connectivity index (χ4n) is 1.71. The zero-order chi connectivity index (χ0) is 13.7. The van der Waals surface area contributed by atoms with Crippen LogP contribution in [0.25, 0.3) is 0 Å². The topological polar surface area (TPSA) is 57.4 Å². The quantitative estimate of drug-likeness (QED) is 0.895. The van der Waals surface area contributed by atoms with E-state index < -0.39 is 0 Å². The number of nitrogens with two attached hydrogens (primary N) is 1. The molecule has 0 saturated carbocycles. The molecule has 100 valence electrons. The molecule has 19 heavy (non-hydrogen) atoms. The zero-order valence-electron chi connectivity index (χ0n) is 11.2. The molecule has 0 aliphatic rings. The first-order valence-electron chi connectivity index (χ1n) is 6.29. The van der Waals surface area contributed by atoms with E-state index in [1.807, 2.05) is 44.2 Å². The predicted octanol–water partition coefficient (Wildman–Crippen LogP) is 3.04. The van der Waals surface area contributed by atoms with Crippen molar-refractivity contribution >= 4 is 0 Å². The average molecular weight is 258 g/mol. The molecular weight excluding hydrogens is 240 g/mol. The number of ether oxygens (including phenoxy) is 2. The Morgan fingerprint density at radius 2 is 1.84 bits per heavy atom. The molecule has 4 nitrogen and oxygen atoms in total. The minimum Gasteiger partial charge on any atom is -0.494 e. The third-order valence-corrected chi connectivity index (χ3v) is 2.66. The summed E-state index contributed by atoms with van der Waals surface area (Å²) in [5, 5.41) is 0. The van der Waals surface area contributed by atoms with Gasteiger partial charge >= 0.3 is 0 Å². The summed E-state index contributed by atoms with van der Waals surface area (Å²) in [7, 11) is 0. The van der Waals surface area contributed by atoms with E-state index in [0.717, 1.165) is 28.5 Å². The number of pyridine rings is 1. The fourth-order valence-corrected chi connectivity index (χ4v) is 1.71. The van der Waals surface area contributed by atoms with E-state index in [4.69, 9.17) is 15.2 Å². The van der Waals surface area contributed by atoms with E-state index in [1.165, 1.54) is 0 Å². The number of hydrogen-bond donors (Lipinski definition) is 1. The summed E-state index contributed by atoms with van der Waals surface area (Å²) in [4.78, 5) is 4.21. The Morgan fingerprint density at radius 1 is 1.16 bits per heavy atom. The molecule has 0 atom stereocenters. The molecular formula is C15H18N2O2. The van der Waals surface area contributed by atoms with Gasteiger partial charge in [-0.15, -0.1) is 0 Å². The van der Waals surface area contributed by atoms with Gasteiger partial charge in [0.2, 0.25) is 0 Å². The Kier molecular flexibility index (Phi) is 4.36. The van der Waals surface area contributed by atoms with Crippen molar-refractivity contribution in [1.29, 1.82) is 0 Å². The van der Waals surface area contributed by atoms with Gasteiger partial charge in [0.05, 0.1) is 6.61 Å². The van der Waals surface area contributed by atoms with Crippen LogP contribution in [-0.2, 0) is 6.54 Å². The van der Waals surface area contributed by atoms with Crippen LogP contribution < -0.4 is 15.2 Å². The Hall–Kier alpha value is -2.07. The Balaban J connectivity index is 2.18. The number of benzene rings is 1. The van der Waals surface area contributed by atoms with Crippen LogP contribution >= 0.6 is 0 Å². The molecule has 2 N–H and O–H groups in total. The highest BCUT2D eigenvalue weighted by Gasteiger charge is 2.05. The molecule has 0 spiro atoms. The lowest BCUT2D eigenvalue weighted by Crippen LogP contribution is -2.01. The van der Waals surface area contributed by atoms with Gasteiger partial charge in [0.1, 0.15) is 17.2 Å². The van der Waals surface area contributed by atoms with Crippen molar-refractivity contribution in [3.05, 3.63) is 47.8 Å². The van der Waals surface area contributed by atoms with Gasteiger partial charge in [-0.2, -0.15) is 0 Å².